The number of fused-ring (bicyclic) bond motifs is 1. The summed E-state index contributed by atoms with van der Waals surface area (Å²) < 4.78 is 1.96. The summed E-state index contributed by atoms with van der Waals surface area (Å²) in [7, 11) is 0. The highest BCUT2D eigenvalue weighted by molar-refractivity contribution is 7.14. The van der Waals surface area contributed by atoms with Crippen molar-refractivity contribution in [3.63, 3.8) is 0 Å². The monoisotopic (exact) mass is 289 g/mol. The fraction of sp³-hybridized carbons (Fsp3) is 0.467. The van der Waals surface area contributed by atoms with E-state index in [-0.39, 0.29) is 5.91 Å². The van der Waals surface area contributed by atoms with Crippen molar-refractivity contribution in [2.45, 2.75) is 38.6 Å². The zero-order chi connectivity index (χ0) is 13.8. The number of carbonyl (C=O) groups is 1. The number of nitrogens with one attached hydrogen (secondary N) is 1. The van der Waals surface area contributed by atoms with E-state index in [1.807, 2.05) is 10.8 Å². The summed E-state index contributed by atoms with van der Waals surface area (Å²) in [4.78, 5) is 18.4. The van der Waals surface area contributed by atoms with Crippen LogP contribution in [0.1, 0.15) is 39.4 Å². The molecule has 4 nitrogen and oxygen atoms in total. The molecular weight excluding hydrogens is 270 g/mol. The maximum atomic E-state index is 12.2. The highest BCUT2D eigenvalue weighted by Gasteiger charge is 2.15. The number of hydrogen-bond acceptors (Lipinski definition) is 3. The molecule has 2 heterocycles. The van der Waals surface area contributed by atoms with Gasteiger partial charge in [-0.25, -0.2) is 4.98 Å². The van der Waals surface area contributed by atoms with Gasteiger partial charge in [-0.15, -0.1) is 11.3 Å². The van der Waals surface area contributed by atoms with Crippen LogP contribution in [0.3, 0.4) is 0 Å². The van der Waals surface area contributed by atoms with Gasteiger partial charge in [-0.1, -0.05) is 6.42 Å². The maximum Gasteiger partial charge on any atom is 0.261 e. The van der Waals surface area contributed by atoms with Gasteiger partial charge in [-0.05, 0) is 37.3 Å². The van der Waals surface area contributed by atoms with Gasteiger partial charge in [-0.3, -0.25) is 4.79 Å². The van der Waals surface area contributed by atoms with Crippen LogP contribution in [-0.4, -0.2) is 22.0 Å². The van der Waals surface area contributed by atoms with E-state index in [4.69, 9.17) is 0 Å². The molecule has 0 aromatic carbocycles. The van der Waals surface area contributed by atoms with Crippen molar-refractivity contribution in [1.29, 1.82) is 0 Å². The Kier molecular flexibility index (Phi) is 4.16. The van der Waals surface area contributed by atoms with E-state index in [1.54, 1.807) is 23.9 Å². The number of hydrogen-bond donors (Lipinski definition) is 1. The first kappa shape index (κ1) is 13.4. The second-order valence-electron chi connectivity index (χ2n) is 5.18. The van der Waals surface area contributed by atoms with Crippen LogP contribution < -0.4 is 5.32 Å². The van der Waals surface area contributed by atoms with Crippen LogP contribution in [0.4, 0.5) is 0 Å². The number of imidazole rings is 1. The van der Waals surface area contributed by atoms with Gasteiger partial charge in [0.05, 0.1) is 11.2 Å². The van der Waals surface area contributed by atoms with E-state index in [0.717, 1.165) is 24.3 Å². The summed E-state index contributed by atoms with van der Waals surface area (Å²) in [5, 5.41) is 2.98. The normalized spacial score (nSPS) is 14.6. The van der Waals surface area contributed by atoms with Crippen LogP contribution in [0.5, 0.6) is 0 Å². The molecule has 106 valence electrons. The molecule has 0 radical (unpaired) electrons. The topological polar surface area (TPSA) is 46.9 Å². The fourth-order valence-electron chi connectivity index (χ4n) is 2.58. The fourth-order valence-corrected chi connectivity index (χ4v) is 3.75. The van der Waals surface area contributed by atoms with Crippen LogP contribution in [-0.2, 0) is 19.4 Å². The second-order valence-corrected chi connectivity index (χ2v) is 6.31. The Hall–Kier alpha value is -1.62. The van der Waals surface area contributed by atoms with E-state index in [9.17, 15) is 4.79 Å². The predicted molar refractivity (Wildman–Crippen MR) is 80.1 cm³/mol. The highest BCUT2D eigenvalue weighted by Crippen LogP contribution is 2.28. The van der Waals surface area contributed by atoms with E-state index in [0.29, 0.717) is 6.54 Å². The molecule has 1 aliphatic rings. The van der Waals surface area contributed by atoms with Gasteiger partial charge >= 0.3 is 0 Å². The number of amides is 1. The van der Waals surface area contributed by atoms with Crippen molar-refractivity contribution < 1.29 is 4.79 Å². The van der Waals surface area contributed by atoms with Crippen molar-refractivity contribution in [3.8, 4) is 0 Å². The van der Waals surface area contributed by atoms with Gasteiger partial charge in [0, 0.05) is 30.4 Å². The van der Waals surface area contributed by atoms with Crippen LogP contribution >= 0.6 is 11.3 Å². The zero-order valence-corrected chi connectivity index (χ0v) is 12.3. The molecule has 0 spiro atoms. The lowest BCUT2D eigenvalue weighted by molar-refractivity contribution is 0.0956. The molecule has 0 unspecified atom stereocenters. The van der Waals surface area contributed by atoms with Crippen LogP contribution in [0.25, 0.3) is 0 Å². The lowest BCUT2D eigenvalue weighted by Crippen LogP contribution is -2.26. The zero-order valence-electron chi connectivity index (χ0n) is 11.5. The number of thiophene rings is 1. The average molecular weight is 289 g/mol. The maximum absolute atomic E-state index is 12.2. The highest BCUT2D eigenvalue weighted by atomic mass is 32.1. The first-order valence-electron chi connectivity index (χ1n) is 7.18. The number of aromatic nitrogens is 2. The minimum absolute atomic E-state index is 0.0585. The molecule has 2 aromatic rings. The van der Waals surface area contributed by atoms with Gasteiger partial charge in [0.2, 0.25) is 0 Å². The smallest absolute Gasteiger partial charge is 0.261 e. The average Bonchev–Trinajstić information content (AvgIpc) is 3.05. The summed E-state index contributed by atoms with van der Waals surface area (Å²) in [5.74, 6) is 0.0585. The third kappa shape index (κ3) is 3.10. The number of aryl methyl sites for hydroxylation is 2. The Balaban J connectivity index is 1.57. The van der Waals surface area contributed by atoms with Crippen molar-refractivity contribution in [3.05, 3.63) is 40.1 Å². The predicted octanol–water partition coefficient (Wildman–Crippen LogP) is 2.64. The molecule has 20 heavy (non-hydrogen) atoms. The molecule has 1 N–H and O–H groups in total. The molecule has 0 bridgehead atoms. The molecule has 0 atom stereocenters. The third-order valence-corrected chi connectivity index (χ3v) is 4.92. The van der Waals surface area contributed by atoms with Crippen LogP contribution in [0.2, 0.25) is 0 Å². The second kappa shape index (κ2) is 6.22. The van der Waals surface area contributed by atoms with Crippen molar-refractivity contribution in [1.82, 2.24) is 14.9 Å². The molecule has 1 aliphatic carbocycles. The minimum atomic E-state index is 0.0585. The van der Waals surface area contributed by atoms with E-state index in [2.05, 4.69) is 16.4 Å². The van der Waals surface area contributed by atoms with E-state index in [1.165, 1.54) is 29.7 Å². The first-order valence-corrected chi connectivity index (χ1v) is 8.00. The quantitative estimate of drug-likeness (QED) is 0.880. The Morgan fingerprint density at radius 1 is 1.35 bits per heavy atom. The van der Waals surface area contributed by atoms with Crippen molar-refractivity contribution >= 4 is 17.2 Å². The minimum Gasteiger partial charge on any atom is -0.350 e. The molecule has 3 rings (SSSR count). The van der Waals surface area contributed by atoms with E-state index < -0.39 is 0 Å². The Morgan fingerprint density at radius 3 is 3.10 bits per heavy atom. The molecule has 0 fully saturated rings. The first-order chi connectivity index (χ1) is 9.83. The SMILES string of the molecule is O=C(NCCn1ccnc1)c1cc2c(s1)CCCCC2. The summed E-state index contributed by atoms with van der Waals surface area (Å²) >= 11 is 1.67. The van der Waals surface area contributed by atoms with Crippen LogP contribution in [0.15, 0.2) is 24.8 Å². The third-order valence-electron chi connectivity index (χ3n) is 3.69. The van der Waals surface area contributed by atoms with Crippen molar-refractivity contribution in [2.24, 2.45) is 0 Å². The van der Waals surface area contributed by atoms with Gasteiger partial charge in [0.25, 0.3) is 5.91 Å². The largest absolute Gasteiger partial charge is 0.350 e. The molecular formula is C15H19N3OS. The van der Waals surface area contributed by atoms with Gasteiger partial charge in [0.15, 0.2) is 0 Å². The molecule has 0 saturated carbocycles. The summed E-state index contributed by atoms with van der Waals surface area (Å²) in [6.07, 6.45) is 11.5. The number of nitrogens with zero attached hydrogens (tertiary/aromatic N) is 2. The standard InChI is InChI=1S/C15H19N3OS/c19-15(17-7-9-18-8-6-16-11-18)14-10-12-4-2-1-3-5-13(12)20-14/h6,8,10-11H,1-5,7,9H2,(H,17,19). The molecule has 5 heteroatoms. The Morgan fingerprint density at radius 2 is 2.25 bits per heavy atom. The summed E-state index contributed by atoms with van der Waals surface area (Å²) in [5.41, 5.74) is 1.40. The number of carbonyl (C=O) groups excluding carboxylic acids is 1. The molecule has 0 aliphatic heterocycles. The number of rotatable bonds is 4. The van der Waals surface area contributed by atoms with Gasteiger partial charge in [0.1, 0.15) is 0 Å². The van der Waals surface area contributed by atoms with Gasteiger partial charge in [-0.2, -0.15) is 0 Å². The molecule has 2 aromatic heterocycles. The Labute approximate surface area is 122 Å². The molecule has 0 saturated heterocycles. The van der Waals surface area contributed by atoms with Crippen molar-refractivity contribution in [2.75, 3.05) is 6.54 Å². The lowest BCUT2D eigenvalue weighted by atomic mass is 10.1. The van der Waals surface area contributed by atoms with Crippen LogP contribution in [0, 0.1) is 0 Å². The van der Waals surface area contributed by atoms with E-state index >= 15 is 0 Å². The lowest BCUT2D eigenvalue weighted by Gasteiger charge is -2.04. The van der Waals surface area contributed by atoms with Gasteiger partial charge < -0.3 is 9.88 Å². The summed E-state index contributed by atoms with van der Waals surface area (Å²) in [6, 6.07) is 2.10. The Bertz CT molecular complexity index is 550. The molecule has 1 amide bonds. The summed E-state index contributed by atoms with van der Waals surface area (Å²) in [6.45, 7) is 1.40.